The summed E-state index contributed by atoms with van der Waals surface area (Å²) in [6, 6.07) is 5.75. The first-order valence-corrected chi connectivity index (χ1v) is 5.70. The van der Waals surface area contributed by atoms with E-state index in [0.29, 0.717) is 18.1 Å². The van der Waals surface area contributed by atoms with Crippen molar-refractivity contribution in [3.63, 3.8) is 0 Å². The van der Waals surface area contributed by atoms with E-state index in [1.807, 2.05) is 18.2 Å². The first-order chi connectivity index (χ1) is 7.27. The van der Waals surface area contributed by atoms with Crippen LogP contribution in [0.2, 0.25) is 0 Å². The molecule has 0 saturated heterocycles. The number of aromatic nitrogens is 1. The van der Waals surface area contributed by atoms with Gasteiger partial charge in [-0.2, -0.15) is 0 Å². The number of hydrogen-bond acceptors (Lipinski definition) is 2. The monoisotopic (exact) mass is 203 g/mol. The number of hydrogen-bond donors (Lipinski definition) is 0. The summed E-state index contributed by atoms with van der Waals surface area (Å²) in [6.07, 6.45) is 5.75. The molecule has 1 aliphatic rings. The lowest BCUT2D eigenvalue weighted by atomic mass is 9.91. The minimum Gasteiger partial charge on any atom is -0.299 e. The molecule has 1 aromatic heterocycles. The zero-order chi connectivity index (χ0) is 10.7. The van der Waals surface area contributed by atoms with Gasteiger partial charge in [0.05, 0.1) is 0 Å². The van der Waals surface area contributed by atoms with Gasteiger partial charge in [0.15, 0.2) is 0 Å². The lowest BCUT2D eigenvalue weighted by Gasteiger charge is -2.13. The van der Waals surface area contributed by atoms with Crippen molar-refractivity contribution >= 4 is 5.78 Å². The van der Waals surface area contributed by atoms with Crippen LogP contribution in [-0.4, -0.2) is 10.8 Å². The number of pyridine rings is 1. The highest BCUT2D eigenvalue weighted by Crippen LogP contribution is 2.32. The number of rotatable bonds is 3. The highest BCUT2D eigenvalue weighted by Gasteiger charge is 2.29. The summed E-state index contributed by atoms with van der Waals surface area (Å²) in [5.74, 6) is 1.23. The first kappa shape index (κ1) is 10.3. The Labute approximate surface area is 90.7 Å². The molecule has 1 aliphatic carbocycles. The zero-order valence-electron chi connectivity index (χ0n) is 9.15. The van der Waals surface area contributed by atoms with Gasteiger partial charge >= 0.3 is 0 Å². The summed E-state index contributed by atoms with van der Waals surface area (Å²) in [4.78, 5) is 16.2. The van der Waals surface area contributed by atoms with Crippen LogP contribution < -0.4 is 0 Å². The molecule has 15 heavy (non-hydrogen) atoms. The second kappa shape index (κ2) is 4.56. The van der Waals surface area contributed by atoms with Gasteiger partial charge in [-0.05, 0) is 30.9 Å². The number of carbonyl (C=O) groups is 1. The molecule has 2 nitrogen and oxygen atoms in total. The molecule has 1 heterocycles. The van der Waals surface area contributed by atoms with Gasteiger partial charge in [0.2, 0.25) is 0 Å². The van der Waals surface area contributed by atoms with Crippen molar-refractivity contribution in [3.05, 3.63) is 30.1 Å². The van der Waals surface area contributed by atoms with Gasteiger partial charge in [0.25, 0.3) is 0 Å². The van der Waals surface area contributed by atoms with Crippen LogP contribution in [0.1, 0.15) is 31.9 Å². The Hall–Kier alpha value is -1.18. The van der Waals surface area contributed by atoms with E-state index >= 15 is 0 Å². The van der Waals surface area contributed by atoms with Gasteiger partial charge in [0, 0.05) is 24.2 Å². The first-order valence-electron chi connectivity index (χ1n) is 5.70. The van der Waals surface area contributed by atoms with Gasteiger partial charge < -0.3 is 0 Å². The van der Waals surface area contributed by atoms with Crippen molar-refractivity contribution in [2.75, 3.05) is 0 Å². The quantitative estimate of drug-likeness (QED) is 0.756. The van der Waals surface area contributed by atoms with Crippen LogP contribution in [-0.2, 0) is 11.2 Å². The lowest BCUT2D eigenvalue weighted by molar-refractivity contribution is -0.123. The van der Waals surface area contributed by atoms with Gasteiger partial charge in [0.1, 0.15) is 5.78 Å². The third-order valence-electron chi connectivity index (χ3n) is 3.36. The third-order valence-corrected chi connectivity index (χ3v) is 3.36. The number of carbonyl (C=O) groups excluding carboxylic acids is 1. The van der Waals surface area contributed by atoms with Crippen molar-refractivity contribution in [1.82, 2.24) is 4.98 Å². The molecule has 0 spiro atoms. The molecular formula is C13H17NO. The van der Waals surface area contributed by atoms with Crippen molar-refractivity contribution in [1.29, 1.82) is 0 Å². The molecule has 2 unspecified atom stereocenters. The molecule has 0 N–H and O–H groups in total. The highest BCUT2D eigenvalue weighted by molar-refractivity contribution is 5.83. The molecule has 2 atom stereocenters. The van der Waals surface area contributed by atoms with Crippen molar-refractivity contribution in [2.24, 2.45) is 11.8 Å². The largest absolute Gasteiger partial charge is 0.299 e. The second-order valence-corrected chi connectivity index (χ2v) is 4.48. The minimum atomic E-state index is 0.284. The zero-order valence-corrected chi connectivity index (χ0v) is 9.15. The SMILES string of the molecule is CC1CCCC1C(=O)Cc1ccccn1. The van der Waals surface area contributed by atoms with E-state index in [9.17, 15) is 4.79 Å². The molecule has 1 saturated carbocycles. The molecule has 0 aromatic carbocycles. The number of Topliss-reactive ketones (excluding diaryl/α,β-unsaturated/α-hetero) is 1. The van der Waals surface area contributed by atoms with Gasteiger partial charge in [-0.3, -0.25) is 9.78 Å². The molecule has 0 bridgehead atoms. The van der Waals surface area contributed by atoms with Crippen LogP contribution in [0.3, 0.4) is 0 Å². The summed E-state index contributed by atoms with van der Waals surface area (Å²) < 4.78 is 0. The Morgan fingerprint density at radius 1 is 1.47 bits per heavy atom. The van der Waals surface area contributed by atoms with Crippen LogP contribution in [0.5, 0.6) is 0 Å². The highest BCUT2D eigenvalue weighted by atomic mass is 16.1. The summed E-state index contributed by atoms with van der Waals surface area (Å²) >= 11 is 0. The summed E-state index contributed by atoms with van der Waals surface area (Å²) in [6.45, 7) is 2.19. The molecule has 0 amide bonds. The topological polar surface area (TPSA) is 30.0 Å². The normalized spacial score (nSPS) is 25.4. The van der Waals surface area contributed by atoms with E-state index in [2.05, 4.69) is 11.9 Å². The van der Waals surface area contributed by atoms with Crippen molar-refractivity contribution in [3.8, 4) is 0 Å². The fourth-order valence-electron chi connectivity index (χ4n) is 2.44. The third kappa shape index (κ3) is 2.44. The Kier molecular flexibility index (Phi) is 3.14. The average molecular weight is 203 g/mol. The number of ketones is 1. The fourth-order valence-corrected chi connectivity index (χ4v) is 2.44. The molecule has 1 fully saturated rings. The van der Waals surface area contributed by atoms with E-state index in [1.54, 1.807) is 6.20 Å². The fraction of sp³-hybridized carbons (Fsp3) is 0.538. The maximum absolute atomic E-state index is 12.0. The van der Waals surface area contributed by atoms with Crippen LogP contribution in [0.4, 0.5) is 0 Å². The van der Waals surface area contributed by atoms with Crippen LogP contribution in [0.25, 0.3) is 0 Å². The summed E-state index contributed by atoms with van der Waals surface area (Å²) in [5.41, 5.74) is 0.904. The molecule has 0 radical (unpaired) electrons. The van der Waals surface area contributed by atoms with E-state index in [4.69, 9.17) is 0 Å². The molecular weight excluding hydrogens is 186 g/mol. The standard InChI is InChI=1S/C13H17NO/c1-10-5-4-7-12(10)13(15)9-11-6-2-3-8-14-11/h2-3,6,8,10,12H,4-5,7,9H2,1H3. The second-order valence-electron chi connectivity index (χ2n) is 4.48. The Bertz CT molecular complexity index is 334. The van der Waals surface area contributed by atoms with Crippen LogP contribution >= 0.6 is 0 Å². The van der Waals surface area contributed by atoms with Crippen LogP contribution in [0, 0.1) is 11.8 Å². The van der Waals surface area contributed by atoms with Crippen molar-refractivity contribution in [2.45, 2.75) is 32.6 Å². The van der Waals surface area contributed by atoms with E-state index in [0.717, 1.165) is 12.1 Å². The summed E-state index contributed by atoms with van der Waals surface area (Å²) in [5, 5.41) is 0. The van der Waals surface area contributed by atoms with Crippen molar-refractivity contribution < 1.29 is 4.79 Å². The minimum absolute atomic E-state index is 0.284. The molecule has 2 heteroatoms. The Balaban J connectivity index is 1.98. The average Bonchev–Trinajstić information content (AvgIpc) is 2.66. The van der Waals surface area contributed by atoms with Gasteiger partial charge in [-0.25, -0.2) is 0 Å². The smallest absolute Gasteiger partial charge is 0.142 e. The van der Waals surface area contributed by atoms with Crippen LogP contribution in [0.15, 0.2) is 24.4 Å². The van der Waals surface area contributed by atoms with Gasteiger partial charge in [-0.15, -0.1) is 0 Å². The lowest BCUT2D eigenvalue weighted by Crippen LogP contribution is -2.19. The predicted molar refractivity (Wildman–Crippen MR) is 59.5 cm³/mol. The Morgan fingerprint density at radius 3 is 2.93 bits per heavy atom. The van der Waals surface area contributed by atoms with Gasteiger partial charge in [-0.1, -0.05) is 19.4 Å². The summed E-state index contributed by atoms with van der Waals surface area (Å²) in [7, 11) is 0. The predicted octanol–water partition coefficient (Wildman–Crippen LogP) is 2.63. The van der Waals surface area contributed by atoms with E-state index in [-0.39, 0.29) is 5.92 Å². The number of nitrogens with zero attached hydrogens (tertiary/aromatic N) is 1. The molecule has 1 aromatic rings. The van der Waals surface area contributed by atoms with E-state index < -0.39 is 0 Å². The molecule has 80 valence electrons. The maximum atomic E-state index is 12.0. The maximum Gasteiger partial charge on any atom is 0.142 e. The molecule has 2 rings (SSSR count). The van der Waals surface area contributed by atoms with E-state index in [1.165, 1.54) is 12.8 Å². The Morgan fingerprint density at radius 2 is 2.33 bits per heavy atom. The molecule has 0 aliphatic heterocycles.